The van der Waals surface area contributed by atoms with Crippen LogP contribution in [0, 0.1) is 0 Å². The smallest absolute Gasteiger partial charge is 0.326 e. The number of carbonyl (C=O) groups excluding carboxylic acids is 1. The lowest BCUT2D eigenvalue weighted by atomic mass is 9.94. The minimum absolute atomic E-state index is 0.270. The average Bonchev–Trinajstić information content (AvgIpc) is 3.35. The van der Waals surface area contributed by atoms with Gasteiger partial charge >= 0.3 is 6.03 Å². The Morgan fingerprint density at radius 1 is 1.06 bits per heavy atom. The molecule has 4 aromatic rings. The van der Waals surface area contributed by atoms with Gasteiger partial charge in [-0.2, -0.15) is 4.98 Å². The highest BCUT2D eigenvalue weighted by Crippen LogP contribution is 2.39. The second-order valence-corrected chi connectivity index (χ2v) is 8.42. The first kappa shape index (κ1) is 22.7. The number of hydrogen-bond donors (Lipinski definition) is 1. The number of rotatable bonds is 6. The summed E-state index contributed by atoms with van der Waals surface area (Å²) in [6.07, 6.45) is 0. The average molecular weight is 487 g/mol. The molecule has 0 aliphatic carbocycles. The van der Waals surface area contributed by atoms with Gasteiger partial charge in [-0.15, -0.1) is 0 Å². The topological polar surface area (TPSA) is 80.5 Å². The zero-order valence-electron chi connectivity index (χ0n) is 19.2. The van der Waals surface area contributed by atoms with Gasteiger partial charge in [-0.25, -0.2) is 4.79 Å². The van der Waals surface area contributed by atoms with Gasteiger partial charge in [0.1, 0.15) is 5.75 Å². The number of aromatic nitrogens is 2. The molecule has 176 valence electrons. The number of allylic oxidation sites excluding steroid dienone is 1. The Bertz CT molecular complexity index is 1380. The number of carbonyl (C=O) groups is 1. The van der Waals surface area contributed by atoms with Crippen molar-refractivity contribution in [1.82, 2.24) is 15.5 Å². The summed E-state index contributed by atoms with van der Waals surface area (Å²) in [5.41, 5.74) is 3.72. The molecule has 1 aliphatic rings. The normalized spacial score (nSPS) is 15.8. The quantitative estimate of drug-likeness (QED) is 0.337. The zero-order chi connectivity index (χ0) is 24.4. The van der Waals surface area contributed by atoms with E-state index in [4.69, 9.17) is 25.8 Å². The lowest BCUT2D eigenvalue weighted by Gasteiger charge is -2.35. The van der Waals surface area contributed by atoms with E-state index in [-0.39, 0.29) is 6.03 Å². The number of amides is 2. The Kier molecular flexibility index (Phi) is 6.25. The van der Waals surface area contributed by atoms with Crippen LogP contribution in [0.15, 0.2) is 89.1 Å². The summed E-state index contributed by atoms with van der Waals surface area (Å²) in [7, 11) is 0. The molecule has 5 rings (SSSR count). The molecule has 8 heteroatoms. The fourth-order valence-corrected chi connectivity index (χ4v) is 4.34. The predicted octanol–water partition coefficient (Wildman–Crippen LogP) is 6.49. The van der Waals surface area contributed by atoms with Gasteiger partial charge in [-0.1, -0.05) is 53.2 Å². The minimum Gasteiger partial charge on any atom is -0.494 e. The summed E-state index contributed by atoms with van der Waals surface area (Å²) in [5, 5.41) is 7.84. The van der Waals surface area contributed by atoms with Crippen molar-refractivity contribution in [2.75, 3.05) is 11.5 Å². The summed E-state index contributed by atoms with van der Waals surface area (Å²) >= 11 is 6.22. The molecule has 3 aromatic carbocycles. The summed E-state index contributed by atoms with van der Waals surface area (Å²) in [6, 6.07) is 23.6. The molecule has 0 radical (unpaired) electrons. The number of ether oxygens (including phenoxy) is 1. The van der Waals surface area contributed by atoms with Crippen molar-refractivity contribution in [3.63, 3.8) is 0 Å². The Morgan fingerprint density at radius 3 is 2.54 bits per heavy atom. The monoisotopic (exact) mass is 486 g/mol. The van der Waals surface area contributed by atoms with E-state index in [1.165, 1.54) is 0 Å². The van der Waals surface area contributed by atoms with E-state index in [0.29, 0.717) is 40.3 Å². The van der Waals surface area contributed by atoms with Gasteiger partial charge in [0.15, 0.2) is 0 Å². The first-order chi connectivity index (χ1) is 17.0. The highest BCUT2D eigenvalue weighted by Gasteiger charge is 2.36. The first-order valence-corrected chi connectivity index (χ1v) is 11.6. The van der Waals surface area contributed by atoms with Crippen molar-refractivity contribution >= 4 is 28.9 Å². The molecule has 1 unspecified atom stereocenters. The number of benzene rings is 3. The third-order valence-electron chi connectivity index (χ3n) is 5.76. The molecule has 1 N–H and O–H groups in total. The SMILES string of the molecule is CCOc1ccc(-c2noc(C3=C(C)N(c4cccc(Cl)c4)C(=O)NC3c3ccccc3)n2)cc1. The van der Waals surface area contributed by atoms with E-state index >= 15 is 0 Å². The van der Waals surface area contributed by atoms with Crippen molar-refractivity contribution in [2.45, 2.75) is 19.9 Å². The lowest BCUT2D eigenvalue weighted by Crippen LogP contribution is -2.46. The molecule has 1 aliphatic heterocycles. The Labute approximate surface area is 208 Å². The van der Waals surface area contributed by atoms with Crippen LogP contribution >= 0.6 is 11.6 Å². The zero-order valence-corrected chi connectivity index (χ0v) is 20.0. The van der Waals surface area contributed by atoms with Crippen molar-refractivity contribution < 1.29 is 14.1 Å². The molecule has 0 fully saturated rings. The molecule has 1 atom stereocenters. The van der Waals surface area contributed by atoms with Gasteiger partial charge in [0, 0.05) is 16.3 Å². The van der Waals surface area contributed by atoms with Crippen LogP contribution in [0.25, 0.3) is 17.0 Å². The summed E-state index contributed by atoms with van der Waals surface area (Å²) in [6.45, 7) is 4.40. The maximum atomic E-state index is 13.2. The van der Waals surface area contributed by atoms with Crippen LogP contribution in [0.4, 0.5) is 10.5 Å². The van der Waals surface area contributed by atoms with Crippen LogP contribution in [0.3, 0.4) is 0 Å². The molecule has 7 nitrogen and oxygen atoms in total. The van der Waals surface area contributed by atoms with E-state index in [2.05, 4.69) is 10.5 Å². The van der Waals surface area contributed by atoms with Gasteiger partial charge in [-0.3, -0.25) is 4.90 Å². The molecule has 35 heavy (non-hydrogen) atoms. The van der Waals surface area contributed by atoms with Gasteiger partial charge < -0.3 is 14.6 Å². The van der Waals surface area contributed by atoms with Crippen LogP contribution < -0.4 is 15.0 Å². The fourth-order valence-electron chi connectivity index (χ4n) is 4.16. The molecule has 0 spiro atoms. The fraction of sp³-hybridized carbons (Fsp3) is 0.148. The maximum absolute atomic E-state index is 13.2. The summed E-state index contributed by atoms with van der Waals surface area (Å²) < 4.78 is 11.3. The Morgan fingerprint density at radius 2 is 1.83 bits per heavy atom. The van der Waals surface area contributed by atoms with E-state index in [9.17, 15) is 4.79 Å². The van der Waals surface area contributed by atoms with Crippen molar-refractivity contribution in [1.29, 1.82) is 0 Å². The third-order valence-corrected chi connectivity index (χ3v) is 6.00. The van der Waals surface area contributed by atoms with E-state index in [1.807, 2.05) is 74.5 Å². The second-order valence-electron chi connectivity index (χ2n) is 7.99. The highest BCUT2D eigenvalue weighted by atomic mass is 35.5. The molecular formula is C27H23ClN4O3. The molecule has 0 saturated heterocycles. The van der Waals surface area contributed by atoms with Crippen molar-refractivity contribution in [2.24, 2.45) is 0 Å². The standard InChI is InChI=1S/C27H23ClN4O3/c1-3-34-22-14-12-19(13-15-22)25-30-26(35-31-25)23-17(2)32(21-11-7-10-20(28)16-21)27(33)29-24(23)18-8-5-4-6-9-18/h4-16,24H,3H2,1-2H3,(H,29,33). The number of urea groups is 1. The number of anilines is 1. The lowest BCUT2D eigenvalue weighted by molar-refractivity contribution is 0.244. The van der Waals surface area contributed by atoms with Crippen molar-refractivity contribution in [3.8, 4) is 17.1 Å². The van der Waals surface area contributed by atoms with Crippen molar-refractivity contribution in [3.05, 3.63) is 101 Å². The third kappa shape index (κ3) is 4.50. The van der Waals surface area contributed by atoms with E-state index in [0.717, 1.165) is 16.9 Å². The minimum atomic E-state index is -0.465. The van der Waals surface area contributed by atoms with E-state index in [1.54, 1.807) is 23.1 Å². The number of nitrogens with one attached hydrogen (secondary N) is 1. The highest BCUT2D eigenvalue weighted by molar-refractivity contribution is 6.31. The molecule has 2 heterocycles. The van der Waals surface area contributed by atoms with Crippen LogP contribution in [0.5, 0.6) is 5.75 Å². The molecular weight excluding hydrogens is 464 g/mol. The van der Waals surface area contributed by atoms with E-state index < -0.39 is 6.04 Å². The summed E-state index contributed by atoms with van der Waals surface area (Å²) in [5.74, 6) is 1.54. The molecule has 1 aromatic heterocycles. The molecule has 0 saturated carbocycles. The van der Waals surface area contributed by atoms with Gasteiger partial charge in [0.25, 0.3) is 5.89 Å². The number of hydrogen-bond acceptors (Lipinski definition) is 5. The maximum Gasteiger partial charge on any atom is 0.326 e. The second kappa shape index (κ2) is 9.64. The first-order valence-electron chi connectivity index (χ1n) is 11.2. The Balaban J connectivity index is 1.60. The van der Waals surface area contributed by atoms with Gasteiger partial charge in [-0.05, 0) is 61.9 Å². The molecule has 0 bridgehead atoms. The van der Waals surface area contributed by atoms with Crippen LogP contribution in [0.1, 0.15) is 31.3 Å². The Hall–Kier alpha value is -4.10. The number of nitrogens with zero attached hydrogens (tertiary/aromatic N) is 3. The number of halogens is 1. The molecule has 2 amide bonds. The largest absolute Gasteiger partial charge is 0.494 e. The van der Waals surface area contributed by atoms with Gasteiger partial charge in [0.05, 0.1) is 23.9 Å². The van der Waals surface area contributed by atoms with Gasteiger partial charge in [0.2, 0.25) is 5.82 Å². The van der Waals surface area contributed by atoms with Crippen LogP contribution in [0.2, 0.25) is 5.02 Å². The predicted molar refractivity (Wildman–Crippen MR) is 135 cm³/mol. The summed E-state index contributed by atoms with van der Waals surface area (Å²) in [4.78, 5) is 19.5. The van der Waals surface area contributed by atoms with Crippen LogP contribution in [-0.4, -0.2) is 22.8 Å². The van der Waals surface area contributed by atoms with Crippen LogP contribution in [-0.2, 0) is 0 Å².